The molecule has 0 amide bonds. The topological polar surface area (TPSA) is 54.5 Å². The van der Waals surface area contributed by atoms with Crippen LogP contribution in [-0.2, 0) is 4.87 Å². The molecule has 0 spiro atoms. The van der Waals surface area contributed by atoms with Gasteiger partial charge in [-0.15, -0.1) is 11.3 Å². The summed E-state index contributed by atoms with van der Waals surface area (Å²) < 4.78 is 28.5. The van der Waals surface area contributed by atoms with Crippen molar-refractivity contribution in [3.8, 4) is 0 Å². The fourth-order valence-electron chi connectivity index (χ4n) is 3.43. The second kappa shape index (κ2) is 8.45. The molecule has 1 atom stereocenters. The zero-order valence-electron chi connectivity index (χ0n) is 16.7. The van der Waals surface area contributed by atoms with Crippen molar-refractivity contribution in [2.75, 3.05) is 11.6 Å². The number of benzene rings is 2. The van der Waals surface area contributed by atoms with Crippen molar-refractivity contribution in [3.63, 3.8) is 0 Å². The van der Waals surface area contributed by atoms with Gasteiger partial charge in [0.05, 0.1) is 5.69 Å². The van der Waals surface area contributed by atoms with Gasteiger partial charge in [-0.2, -0.15) is 5.10 Å². The maximum absolute atomic E-state index is 14.6. The Hall–Kier alpha value is -2.29. The van der Waals surface area contributed by atoms with Gasteiger partial charge in [0, 0.05) is 10.4 Å². The summed E-state index contributed by atoms with van der Waals surface area (Å²) in [6.07, 6.45) is 1.43. The lowest BCUT2D eigenvalue weighted by atomic mass is 10.0. The van der Waals surface area contributed by atoms with Gasteiger partial charge in [0.25, 0.3) is 0 Å². The molecule has 0 radical (unpaired) electrons. The summed E-state index contributed by atoms with van der Waals surface area (Å²) in [6.45, 7) is 4.49. The van der Waals surface area contributed by atoms with Gasteiger partial charge in [0.15, 0.2) is 0 Å². The van der Waals surface area contributed by atoms with Crippen LogP contribution in [0.5, 0.6) is 0 Å². The SMILES string of the molecule is Cc1nc(N2N=C(c3cc(F)ccc3F)SC2(CCCN)c2ccccc2)sc1C. The molecular formula is C22H22F2N4S2. The van der Waals surface area contributed by atoms with Crippen LogP contribution in [0.25, 0.3) is 0 Å². The summed E-state index contributed by atoms with van der Waals surface area (Å²) in [5.41, 5.74) is 7.96. The van der Waals surface area contributed by atoms with Crippen LogP contribution in [0, 0.1) is 25.5 Å². The molecule has 1 unspecified atom stereocenters. The van der Waals surface area contributed by atoms with Gasteiger partial charge in [-0.3, -0.25) is 0 Å². The number of anilines is 1. The number of nitrogens with two attached hydrogens (primary N) is 1. The minimum atomic E-state index is -0.647. The Labute approximate surface area is 182 Å². The average Bonchev–Trinajstić information content (AvgIpc) is 3.30. The number of aryl methyl sites for hydroxylation is 2. The molecule has 1 aliphatic rings. The average molecular weight is 445 g/mol. The number of thioether (sulfide) groups is 1. The number of hydrogen-bond acceptors (Lipinski definition) is 6. The highest BCUT2D eigenvalue weighted by molar-refractivity contribution is 8.15. The normalized spacial score (nSPS) is 18.7. The summed E-state index contributed by atoms with van der Waals surface area (Å²) in [5.74, 6) is -1.00. The van der Waals surface area contributed by atoms with E-state index in [2.05, 4.69) is 0 Å². The highest BCUT2D eigenvalue weighted by Crippen LogP contribution is 2.53. The molecular weight excluding hydrogens is 422 g/mol. The second-order valence-corrected chi connectivity index (χ2v) is 9.57. The third-order valence-electron chi connectivity index (χ3n) is 5.10. The quantitative estimate of drug-likeness (QED) is 0.542. The number of thiazole rings is 1. The molecule has 3 aromatic rings. The fraction of sp³-hybridized carbons (Fsp3) is 0.273. The molecule has 0 saturated heterocycles. The first kappa shape index (κ1) is 21.0. The van der Waals surface area contributed by atoms with Crippen molar-refractivity contribution in [2.45, 2.75) is 31.6 Å². The Kier molecular flexibility index (Phi) is 5.90. The Balaban J connectivity index is 1.90. The van der Waals surface area contributed by atoms with E-state index >= 15 is 0 Å². The predicted octanol–water partition coefficient (Wildman–Crippen LogP) is 5.55. The van der Waals surface area contributed by atoms with Crippen molar-refractivity contribution in [1.82, 2.24) is 4.98 Å². The van der Waals surface area contributed by atoms with E-state index in [-0.39, 0.29) is 5.56 Å². The minimum Gasteiger partial charge on any atom is -0.330 e. The zero-order valence-corrected chi connectivity index (χ0v) is 18.4. The molecule has 0 fully saturated rings. The van der Waals surface area contributed by atoms with Crippen LogP contribution in [0.1, 0.15) is 34.5 Å². The van der Waals surface area contributed by atoms with Crippen LogP contribution < -0.4 is 10.7 Å². The van der Waals surface area contributed by atoms with Gasteiger partial charge in [0.2, 0.25) is 5.13 Å². The summed E-state index contributed by atoms with van der Waals surface area (Å²) in [7, 11) is 0. The van der Waals surface area contributed by atoms with Crippen LogP contribution in [0.3, 0.4) is 0 Å². The molecule has 1 aliphatic heterocycles. The highest BCUT2D eigenvalue weighted by atomic mass is 32.2. The Morgan fingerprint density at radius 2 is 1.87 bits per heavy atom. The van der Waals surface area contributed by atoms with Gasteiger partial charge in [-0.1, -0.05) is 42.1 Å². The molecule has 156 valence electrons. The Morgan fingerprint density at radius 1 is 1.10 bits per heavy atom. The molecule has 1 aromatic heterocycles. The molecule has 0 bridgehead atoms. The first-order chi connectivity index (χ1) is 14.4. The predicted molar refractivity (Wildman–Crippen MR) is 121 cm³/mol. The molecule has 2 aromatic carbocycles. The van der Waals surface area contributed by atoms with E-state index in [9.17, 15) is 8.78 Å². The van der Waals surface area contributed by atoms with Crippen LogP contribution >= 0.6 is 23.1 Å². The molecule has 8 heteroatoms. The van der Waals surface area contributed by atoms with Crippen molar-refractivity contribution in [2.24, 2.45) is 10.8 Å². The van der Waals surface area contributed by atoms with Crippen molar-refractivity contribution in [3.05, 3.63) is 81.9 Å². The molecule has 4 rings (SSSR count). The Bertz CT molecular complexity index is 1060. The number of hydrazone groups is 1. The Morgan fingerprint density at radius 3 is 2.53 bits per heavy atom. The molecule has 0 saturated carbocycles. The van der Waals surface area contributed by atoms with E-state index in [1.807, 2.05) is 49.2 Å². The van der Waals surface area contributed by atoms with E-state index in [0.29, 0.717) is 18.0 Å². The number of hydrogen-bond donors (Lipinski definition) is 1. The summed E-state index contributed by atoms with van der Waals surface area (Å²) in [4.78, 5) is 5.16. The van der Waals surface area contributed by atoms with Crippen molar-refractivity contribution in [1.29, 1.82) is 0 Å². The third-order valence-corrected chi connectivity index (χ3v) is 7.59. The number of aromatic nitrogens is 1. The molecule has 2 N–H and O–H groups in total. The van der Waals surface area contributed by atoms with Gasteiger partial charge in [0.1, 0.15) is 21.5 Å². The van der Waals surface area contributed by atoms with Crippen molar-refractivity contribution >= 4 is 33.3 Å². The summed E-state index contributed by atoms with van der Waals surface area (Å²) >= 11 is 2.97. The summed E-state index contributed by atoms with van der Waals surface area (Å²) in [6, 6.07) is 13.4. The second-order valence-electron chi connectivity index (χ2n) is 7.12. The number of halogens is 2. The molecule has 30 heavy (non-hydrogen) atoms. The van der Waals surface area contributed by atoms with E-state index in [1.165, 1.54) is 17.8 Å². The standard InChI is InChI=1S/C22H22F2N4S2/c1-14-15(2)29-21(26-14)28-22(11-6-12-25,16-7-4-3-5-8-16)30-20(27-28)18-13-17(23)9-10-19(18)24/h3-5,7-10,13H,6,11-12,25H2,1-2H3. The van der Waals surface area contributed by atoms with Crippen LogP contribution in [0.2, 0.25) is 0 Å². The van der Waals surface area contributed by atoms with Gasteiger partial charge in [-0.05, 0) is 57.0 Å². The van der Waals surface area contributed by atoms with Crippen LogP contribution in [-0.4, -0.2) is 16.6 Å². The molecule has 4 nitrogen and oxygen atoms in total. The van der Waals surface area contributed by atoms with E-state index in [4.69, 9.17) is 15.8 Å². The zero-order chi connectivity index (χ0) is 21.3. The lowest BCUT2D eigenvalue weighted by Crippen LogP contribution is -2.38. The fourth-order valence-corrected chi connectivity index (χ4v) is 5.85. The molecule has 2 heterocycles. The largest absolute Gasteiger partial charge is 0.330 e. The van der Waals surface area contributed by atoms with Crippen molar-refractivity contribution < 1.29 is 8.78 Å². The highest BCUT2D eigenvalue weighted by Gasteiger charge is 2.47. The lowest BCUT2D eigenvalue weighted by Gasteiger charge is -2.35. The van der Waals surface area contributed by atoms with Gasteiger partial charge in [-0.25, -0.2) is 18.8 Å². The first-order valence-electron chi connectivity index (χ1n) is 9.67. The number of nitrogens with zero attached hydrogens (tertiary/aromatic N) is 3. The monoisotopic (exact) mass is 444 g/mol. The third kappa shape index (κ3) is 3.75. The smallest absolute Gasteiger partial charge is 0.208 e. The van der Waals surface area contributed by atoms with Crippen LogP contribution in [0.4, 0.5) is 13.9 Å². The van der Waals surface area contributed by atoms with Crippen LogP contribution in [0.15, 0.2) is 53.6 Å². The van der Waals surface area contributed by atoms with E-state index in [0.717, 1.165) is 39.8 Å². The molecule has 0 aliphatic carbocycles. The maximum Gasteiger partial charge on any atom is 0.208 e. The van der Waals surface area contributed by atoms with E-state index in [1.54, 1.807) is 11.3 Å². The van der Waals surface area contributed by atoms with E-state index < -0.39 is 16.5 Å². The lowest BCUT2D eigenvalue weighted by molar-refractivity contribution is 0.526. The minimum absolute atomic E-state index is 0.153. The number of rotatable bonds is 6. The van der Waals surface area contributed by atoms with Gasteiger partial charge >= 0.3 is 0 Å². The first-order valence-corrected chi connectivity index (χ1v) is 11.3. The van der Waals surface area contributed by atoms with Gasteiger partial charge < -0.3 is 5.73 Å². The maximum atomic E-state index is 14.6. The summed E-state index contributed by atoms with van der Waals surface area (Å²) in [5, 5.41) is 7.81.